The topological polar surface area (TPSA) is 66.2 Å². The molecule has 0 aliphatic rings. The third-order valence-electron chi connectivity index (χ3n) is 4.97. The number of hydrogen-bond donors (Lipinski definition) is 2. The number of aliphatic hydroxyl groups excluding tert-OH is 2. The van der Waals surface area contributed by atoms with Gasteiger partial charge in [-0.3, -0.25) is 9.97 Å². The van der Waals surface area contributed by atoms with Gasteiger partial charge in [0.1, 0.15) is 0 Å². The SMILES string of the molecule is CC(O)CC(C)O.Cc1ccc(-c2nc3ccccc3nc2-c2[c-]cc(C(F)(F)F)cc2)cc1.[Ir]. The first-order valence-electron chi connectivity index (χ1n) is 10.8. The summed E-state index contributed by atoms with van der Waals surface area (Å²) in [6, 6.07) is 21.3. The number of rotatable bonds is 4. The van der Waals surface area contributed by atoms with Gasteiger partial charge in [-0.25, -0.2) is 0 Å². The molecule has 187 valence electrons. The Bertz CT molecular complexity index is 1220. The second-order valence-corrected chi connectivity index (χ2v) is 8.20. The Morgan fingerprint density at radius 1 is 0.829 bits per heavy atom. The standard InChI is InChI=1S/C22H14F3N2.C5H12O2.Ir/c1-14-6-8-15(9-7-14)20-21(27-19-5-3-2-4-18(19)26-20)16-10-12-17(13-11-16)22(23,24)25;1-4(6)3-5(2)7;/h2-10,12-13H,1H3;4-7H,3H2,1-2H3;/q-1;;. The van der Waals surface area contributed by atoms with Gasteiger partial charge in [-0.2, -0.15) is 13.2 Å². The zero-order valence-corrected chi connectivity index (χ0v) is 21.9. The molecule has 4 rings (SSSR count). The molecule has 1 radical (unpaired) electrons. The Morgan fingerprint density at radius 3 is 1.80 bits per heavy atom. The van der Waals surface area contributed by atoms with Crippen molar-refractivity contribution in [3.8, 4) is 22.5 Å². The Kier molecular flexibility index (Phi) is 10.1. The predicted octanol–water partition coefficient (Wildman–Crippen LogP) is 6.23. The second-order valence-electron chi connectivity index (χ2n) is 8.20. The van der Waals surface area contributed by atoms with Crippen molar-refractivity contribution in [3.63, 3.8) is 0 Å². The molecule has 2 N–H and O–H groups in total. The van der Waals surface area contributed by atoms with Gasteiger partial charge in [-0.1, -0.05) is 42.0 Å². The van der Waals surface area contributed by atoms with E-state index in [1.807, 2.05) is 55.5 Å². The minimum atomic E-state index is -4.40. The summed E-state index contributed by atoms with van der Waals surface area (Å²) in [6.45, 7) is 5.31. The van der Waals surface area contributed by atoms with Gasteiger partial charge < -0.3 is 10.2 Å². The third kappa shape index (κ3) is 7.94. The molecule has 1 heterocycles. The zero-order chi connectivity index (χ0) is 24.9. The van der Waals surface area contributed by atoms with Crippen molar-refractivity contribution in [2.45, 2.75) is 45.6 Å². The van der Waals surface area contributed by atoms with Crippen LogP contribution in [0.5, 0.6) is 0 Å². The van der Waals surface area contributed by atoms with Crippen LogP contribution in [0, 0.1) is 13.0 Å². The number of fused-ring (bicyclic) bond motifs is 1. The molecule has 2 unspecified atom stereocenters. The number of nitrogens with zero attached hydrogens (tertiary/aromatic N) is 2. The van der Waals surface area contributed by atoms with Gasteiger partial charge >= 0.3 is 6.18 Å². The maximum atomic E-state index is 12.9. The monoisotopic (exact) mass is 660 g/mol. The van der Waals surface area contributed by atoms with Gasteiger partial charge in [0, 0.05) is 25.8 Å². The van der Waals surface area contributed by atoms with Gasteiger partial charge in [0.15, 0.2) is 0 Å². The molecular weight excluding hydrogens is 634 g/mol. The van der Waals surface area contributed by atoms with Crippen molar-refractivity contribution < 1.29 is 43.5 Å². The molecule has 35 heavy (non-hydrogen) atoms. The van der Waals surface area contributed by atoms with E-state index >= 15 is 0 Å². The summed E-state index contributed by atoms with van der Waals surface area (Å²) in [5.41, 5.74) is 4.21. The molecule has 1 aromatic heterocycles. The summed E-state index contributed by atoms with van der Waals surface area (Å²) in [6.07, 6.45) is -4.68. The maximum absolute atomic E-state index is 12.9. The van der Waals surface area contributed by atoms with Gasteiger partial charge in [0.2, 0.25) is 0 Å². The number of aryl methyl sites for hydroxylation is 1. The van der Waals surface area contributed by atoms with Crippen molar-refractivity contribution in [2.75, 3.05) is 0 Å². The van der Waals surface area contributed by atoms with Crippen molar-refractivity contribution in [1.82, 2.24) is 9.97 Å². The first-order chi connectivity index (χ1) is 16.0. The third-order valence-corrected chi connectivity index (χ3v) is 4.97. The quantitative estimate of drug-likeness (QED) is 0.255. The Morgan fingerprint density at radius 2 is 1.37 bits per heavy atom. The van der Waals surface area contributed by atoms with Crippen molar-refractivity contribution in [3.05, 3.63) is 83.9 Å². The smallest absolute Gasteiger partial charge is 0.381 e. The number of alkyl halides is 3. The average Bonchev–Trinajstić information content (AvgIpc) is 2.78. The van der Waals surface area contributed by atoms with Crippen molar-refractivity contribution in [1.29, 1.82) is 0 Å². The van der Waals surface area contributed by atoms with E-state index in [4.69, 9.17) is 15.2 Å². The van der Waals surface area contributed by atoms with Crippen LogP contribution in [0.2, 0.25) is 0 Å². The fourth-order valence-electron chi connectivity index (χ4n) is 3.34. The fraction of sp³-hybridized carbons (Fsp3) is 0.259. The van der Waals surface area contributed by atoms with E-state index in [0.29, 0.717) is 28.9 Å². The molecule has 0 saturated carbocycles. The molecule has 0 saturated heterocycles. The molecule has 0 aliphatic carbocycles. The summed E-state index contributed by atoms with van der Waals surface area (Å²) in [5.74, 6) is 0. The maximum Gasteiger partial charge on any atom is 0.381 e. The molecule has 0 amide bonds. The van der Waals surface area contributed by atoms with Crippen LogP contribution in [0.15, 0.2) is 66.7 Å². The van der Waals surface area contributed by atoms with E-state index in [2.05, 4.69) is 11.1 Å². The fourth-order valence-corrected chi connectivity index (χ4v) is 3.34. The van der Waals surface area contributed by atoms with Gasteiger partial charge in [-0.15, -0.1) is 29.8 Å². The van der Waals surface area contributed by atoms with Crippen LogP contribution in [-0.4, -0.2) is 32.4 Å². The van der Waals surface area contributed by atoms with Crippen molar-refractivity contribution >= 4 is 11.0 Å². The van der Waals surface area contributed by atoms with Crippen LogP contribution in [0.3, 0.4) is 0 Å². The molecule has 3 aromatic carbocycles. The van der Waals surface area contributed by atoms with Crippen LogP contribution >= 0.6 is 0 Å². The summed E-state index contributed by atoms with van der Waals surface area (Å²) < 4.78 is 38.6. The van der Waals surface area contributed by atoms with Crippen LogP contribution in [0.25, 0.3) is 33.5 Å². The van der Waals surface area contributed by atoms with E-state index in [9.17, 15) is 13.2 Å². The molecule has 0 aliphatic heterocycles. The van der Waals surface area contributed by atoms with E-state index in [1.165, 1.54) is 6.07 Å². The van der Waals surface area contributed by atoms with Crippen molar-refractivity contribution in [2.24, 2.45) is 0 Å². The molecule has 4 nitrogen and oxygen atoms in total. The van der Waals surface area contributed by atoms with Gasteiger partial charge in [0.05, 0.1) is 28.9 Å². The Hall–Kier alpha value is -2.64. The Balaban J connectivity index is 0.000000476. The average molecular weight is 660 g/mol. The molecular formula is C27H26F3IrN2O2-. The predicted molar refractivity (Wildman–Crippen MR) is 127 cm³/mol. The number of aromatic nitrogens is 2. The first-order valence-corrected chi connectivity index (χ1v) is 10.8. The summed E-state index contributed by atoms with van der Waals surface area (Å²) in [4.78, 5) is 9.38. The van der Waals surface area contributed by atoms with Gasteiger partial charge in [0.25, 0.3) is 0 Å². The summed E-state index contributed by atoms with van der Waals surface area (Å²) >= 11 is 0. The minimum Gasteiger partial charge on any atom is -0.393 e. The van der Waals surface area contributed by atoms with Crippen LogP contribution < -0.4 is 0 Å². The van der Waals surface area contributed by atoms with E-state index in [1.54, 1.807) is 13.8 Å². The molecule has 0 fully saturated rings. The van der Waals surface area contributed by atoms with Gasteiger partial charge in [-0.05, 0) is 50.5 Å². The zero-order valence-electron chi connectivity index (χ0n) is 19.5. The minimum absolute atomic E-state index is 0. The molecule has 2 atom stereocenters. The second kappa shape index (κ2) is 12.4. The summed E-state index contributed by atoms with van der Waals surface area (Å²) in [5, 5.41) is 17.1. The van der Waals surface area contributed by atoms with Crippen LogP contribution in [0.1, 0.15) is 31.4 Å². The number of hydrogen-bond acceptors (Lipinski definition) is 4. The van der Waals surface area contributed by atoms with E-state index < -0.39 is 11.7 Å². The van der Waals surface area contributed by atoms with Crippen LogP contribution in [0.4, 0.5) is 13.2 Å². The molecule has 0 spiro atoms. The van der Waals surface area contributed by atoms with E-state index in [-0.39, 0.29) is 32.3 Å². The molecule has 8 heteroatoms. The first kappa shape index (κ1) is 28.6. The Labute approximate surface area is 216 Å². The number of halogens is 3. The summed E-state index contributed by atoms with van der Waals surface area (Å²) in [7, 11) is 0. The normalized spacial score (nSPS) is 12.8. The number of benzene rings is 3. The molecule has 0 bridgehead atoms. The largest absolute Gasteiger partial charge is 0.393 e. The molecule has 4 aromatic rings. The van der Waals surface area contributed by atoms with Crippen LogP contribution in [-0.2, 0) is 26.3 Å². The van der Waals surface area contributed by atoms with E-state index in [0.717, 1.165) is 28.8 Å². The number of para-hydroxylation sites is 2. The number of aliphatic hydroxyl groups is 2.